The Morgan fingerprint density at radius 1 is 0.604 bits per heavy atom. The highest BCUT2D eigenvalue weighted by atomic mass is 31.2. The molecule has 0 rings (SSSR count). The van der Waals surface area contributed by atoms with Crippen molar-refractivity contribution in [1.82, 2.24) is 0 Å². The van der Waals surface area contributed by atoms with Gasteiger partial charge >= 0.3 is 25.7 Å². The van der Waals surface area contributed by atoms with Crippen LogP contribution < -0.4 is 5.73 Å². The second-order valence-corrected chi connectivity index (χ2v) is 14.9. The molecule has 0 saturated carbocycles. The minimum Gasteiger partial charge on any atom is -0.480 e. The van der Waals surface area contributed by atoms with Crippen molar-refractivity contribution in [2.75, 3.05) is 19.8 Å². The first-order chi connectivity index (χ1) is 25.6. The van der Waals surface area contributed by atoms with Crippen LogP contribution in [0.5, 0.6) is 0 Å². The first kappa shape index (κ1) is 50.4. The number of carbonyl (C=O) groups is 3. The van der Waals surface area contributed by atoms with Crippen LogP contribution >= 0.6 is 7.82 Å². The summed E-state index contributed by atoms with van der Waals surface area (Å²) in [4.78, 5) is 45.8. The monoisotopic (exact) mass is 769 g/mol. The van der Waals surface area contributed by atoms with E-state index in [1.807, 2.05) is 36.5 Å². The van der Waals surface area contributed by atoms with Gasteiger partial charge in [0.1, 0.15) is 12.6 Å². The van der Waals surface area contributed by atoms with Gasteiger partial charge in [-0.2, -0.15) is 0 Å². The molecule has 0 bridgehead atoms. The van der Waals surface area contributed by atoms with E-state index in [4.69, 9.17) is 24.8 Å². The van der Waals surface area contributed by atoms with Crippen molar-refractivity contribution in [2.24, 2.45) is 5.73 Å². The number of phosphoric acid groups is 1. The number of esters is 2. The normalized spacial score (nSPS) is 14.3. The summed E-state index contributed by atoms with van der Waals surface area (Å²) in [5.74, 6) is -2.41. The van der Waals surface area contributed by atoms with E-state index in [-0.39, 0.29) is 19.4 Å². The van der Waals surface area contributed by atoms with Gasteiger partial charge in [-0.1, -0.05) is 165 Å². The maximum absolute atomic E-state index is 12.6. The molecule has 11 nitrogen and oxygen atoms in total. The molecule has 0 aromatic carbocycles. The summed E-state index contributed by atoms with van der Waals surface area (Å²) < 4.78 is 32.6. The van der Waals surface area contributed by atoms with E-state index in [0.29, 0.717) is 12.8 Å². The largest absolute Gasteiger partial charge is 0.480 e. The van der Waals surface area contributed by atoms with Crippen LogP contribution in [-0.2, 0) is 37.5 Å². The Bertz CT molecular complexity index is 1090. The maximum Gasteiger partial charge on any atom is 0.472 e. The number of carboxylic acid groups (broad SMARTS) is 1. The first-order valence-corrected chi connectivity index (χ1v) is 21.7. The van der Waals surface area contributed by atoms with Crippen molar-refractivity contribution in [2.45, 2.75) is 174 Å². The molecule has 0 saturated heterocycles. The number of nitrogens with two attached hydrogens (primary N) is 1. The Hall–Kier alpha value is -2.56. The molecule has 0 radical (unpaired) electrons. The van der Waals surface area contributed by atoms with Crippen molar-refractivity contribution in [3.05, 3.63) is 48.6 Å². The van der Waals surface area contributed by atoms with Crippen molar-refractivity contribution < 1.29 is 47.5 Å². The molecule has 0 aliphatic heterocycles. The molecule has 0 spiro atoms. The van der Waals surface area contributed by atoms with Crippen molar-refractivity contribution in [3.8, 4) is 0 Å². The van der Waals surface area contributed by atoms with Crippen LogP contribution in [0.3, 0.4) is 0 Å². The third-order valence-electron chi connectivity index (χ3n) is 8.44. The fourth-order valence-corrected chi connectivity index (χ4v) is 6.03. The molecular weight excluding hydrogens is 697 g/mol. The molecule has 12 heteroatoms. The highest BCUT2D eigenvalue weighted by Gasteiger charge is 2.28. The second-order valence-electron chi connectivity index (χ2n) is 13.5. The summed E-state index contributed by atoms with van der Waals surface area (Å²) in [6, 6.07) is -1.53. The summed E-state index contributed by atoms with van der Waals surface area (Å²) in [5, 5.41) is 8.87. The van der Waals surface area contributed by atoms with Crippen molar-refractivity contribution in [3.63, 3.8) is 0 Å². The number of hydrogen-bond acceptors (Lipinski definition) is 9. The van der Waals surface area contributed by atoms with Gasteiger partial charge in [-0.25, -0.2) is 4.57 Å². The Morgan fingerprint density at radius 2 is 1.06 bits per heavy atom. The number of unbranched alkanes of at least 4 members (excludes halogenated alkanes) is 18. The fourth-order valence-electron chi connectivity index (χ4n) is 5.25. The van der Waals surface area contributed by atoms with Crippen LogP contribution in [-0.4, -0.2) is 59.9 Å². The van der Waals surface area contributed by atoms with Crippen molar-refractivity contribution >= 4 is 25.7 Å². The third kappa shape index (κ3) is 36.2. The number of aliphatic carboxylic acids is 1. The van der Waals surface area contributed by atoms with E-state index in [1.54, 1.807) is 0 Å². The minimum atomic E-state index is -4.72. The lowest BCUT2D eigenvalue weighted by Gasteiger charge is -2.20. The molecule has 4 N–H and O–H groups in total. The van der Waals surface area contributed by atoms with Gasteiger partial charge in [0.05, 0.1) is 13.2 Å². The zero-order valence-electron chi connectivity index (χ0n) is 32.8. The molecule has 306 valence electrons. The van der Waals surface area contributed by atoms with Gasteiger partial charge in [0, 0.05) is 12.8 Å². The Kier molecular flexibility index (Phi) is 34.7. The number of hydrogen-bond donors (Lipinski definition) is 3. The van der Waals surface area contributed by atoms with E-state index in [2.05, 4.69) is 30.5 Å². The third-order valence-corrected chi connectivity index (χ3v) is 9.39. The molecule has 53 heavy (non-hydrogen) atoms. The Labute approximate surface area is 320 Å². The summed E-state index contributed by atoms with van der Waals surface area (Å²) in [7, 11) is -4.72. The predicted octanol–water partition coefficient (Wildman–Crippen LogP) is 10.2. The van der Waals surface area contributed by atoms with Crippen LogP contribution in [0.25, 0.3) is 0 Å². The lowest BCUT2D eigenvalue weighted by molar-refractivity contribution is -0.161. The highest BCUT2D eigenvalue weighted by Crippen LogP contribution is 2.43. The number of phosphoric ester groups is 1. The molecule has 0 fully saturated rings. The lowest BCUT2D eigenvalue weighted by Crippen LogP contribution is -2.34. The van der Waals surface area contributed by atoms with Gasteiger partial charge in [-0.15, -0.1) is 0 Å². The summed E-state index contributed by atoms with van der Waals surface area (Å²) in [6.07, 6.45) is 38.9. The maximum atomic E-state index is 12.6. The zero-order valence-corrected chi connectivity index (χ0v) is 33.7. The van der Waals surface area contributed by atoms with E-state index < -0.39 is 51.1 Å². The van der Waals surface area contributed by atoms with Crippen LogP contribution in [0.4, 0.5) is 0 Å². The molecule has 0 amide bonds. The van der Waals surface area contributed by atoms with Gasteiger partial charge in [0.15, 0.2) is 6.10 Å². The van der Waals surface area contributed by atoms with Gasteiger partial charge < -0.3 is 25.2 Å². The molecule has 0 heterocycles. The molecule has 3 atom stereocenters. The standard InChI is InChI=1S/C41H72NO10P/c1-3-5-7-9-11-13-15-17-19-21-23-25-27-29-31-33-40(44)52-37(35-50-53(47,48)51-36-38(42)41(45)46)34-49-39(43)32-30-28-26-24-22-20-18-16-14-12-10-8-6-4-2/h5,7,9,11,13,15,17,19,37-38H,3-4,6,8,10,12,14,16,18,20-36,42H2,1-2H3,(H,45,46)(H,47,48)/b7-5+,11-9+,15-13+,19-17+/t37-,38+/m1/s1. The summed E-state index contributed by atoms with van der Waals surface area (Å²) >= 11 is 0. The fraction of sp³-hybridized carbons (Fsp3) is 0.732. The second kappa shape index (κ2) is 36.4. The number of ether oxygens (including phenoxy) is 2. The van der Waals surface area contributed by atoms with E-state index >= 15 is 0 Å². The molecule has 0 aliphatic rings. The van der Waals surface area contributed by atoms with E-state index in [9.17, 15) is 23.8 Å². The lowest BCUT2D eigenvalue weighted by atomic mass is 10.0. The first-order valence-electron chi connectivity index (χ1n) is 20.2. The molecule has 1 unspecified atom stereocenters. The number of rotatable bonds is 37. The SMILES string of the molecule is CC/C=C/C=C/C=C/C=C/CCCCCCCC(=O)O[C@H](COC(=O)CCCCCCCCCCCCCCCC)COP(=O)(O)OC[C@H](N)C(=O)O. The van der Waals surface area contributed by atoms with E-state index in [0.717, 1.165) is 57.8 Å². The zero-order chi connectivity index (χ0) is 39.3. The molecule has 0 aromatic heterocycles. The van der Waals surface area contributed by atoms with Crippen LogP contribution in [0.2, 0.25) is 0 Å². The molecule has 0 aliphatic carbocycles. The Morgan fingerprint density at radius 3 is 1.58 bits per heavy atom. The summed E-state index contributed by atoms with van der Waals surface area (Å²) in [5.41, 5.74) is 5.32. The average molecular weight is 770 g/mol. The minimum absolute atomic E-state index is 0.135. The number of carbonyl (C=O) groups excluding carboxylic acids is 2. The van der Waals surface area contributed by atoms with Gasteiger partial charge in [0.25, 0.3) is 0 Å². The van der Waals surface area contributed by atoms with Crippen LogP contribution in [0, 0.1) is 0 Å². The number of carboxylic acids is 1. The topological polar surface area (TPSA) is 172 Å². The number of allylic oxidation sites excluding steroid dienone is 8. The van der Waals surface area contributed by atoms with Crippen LogP contribution in [0.15, 0.2) is 48.6 Å². The van der Waals surface area contributed by atoms with Gasteiger partial charge in [0.2, 0.25) is 0 Å². The predicted molar refractivity (Wildman–Crippen MR) is 212 cm³/mol. The van der Waals surface area contributed by atoms with Gasteiger partial charge in [-0.3, -0.25) is 23.4 Å². The van der Waals surface area contributed by atoms with Gasteiger partial charge in [-0.05, 0) is 32.1 Å². The van der Waals surface area contributed by atoms with E-state index in [1.165, 1.54) is 64.2 Å². The Balaban J connectivity index is 4.45. The van der Waals surface area contributed by atoms with Crippen LogP contribution in [0.1, 0.15) is 162 Å². The highest BCUT2D eigenvalue weighted by molar-refractivity contribution is 7.47. The smallest absolute Gasteiger partial charge is 0.472 e. The van der Waals surface area contributed by atoms with Crippen molar-refractivity contribution in [1.29, 1.82) is 0 Å². The molecular formula is C41H72NO10P. The average Bonchev–Trinajstić information content (AvgIpc) is 3.13. The summed E-state index contributed by atoms with van der Waals surface area (Å²) in [6.45, 7) is 2.63. The molecule has 0 aromatic rings. The quantitative estimate of drug-likeness (QED) is 0.0238.